The predicted molar refractivity (Wildman–Crippen MR) is 133 cm³/mol. The Morgan fingerprint density at radius 1 is 0.919 bits per heavy atom. The zero-order valence-corrected chi connectivity index (χ0v) is 21.1. The highest BCUT2D eigenvalue weighted by Crippen LogP contribution is 2.32. The number of carbonyl (C=O) groups excluding carboxylic acids is 1. The van der Waals surface area contributed by atoms with Crippen molar-refractivity contribution in [2.24, 2.45) is 0 Å². The maximum Gasteiger partial charge on any atom is 0.416 e. The molecule has 0 spiro atoms. The van der Waals surface area contributed by atoms with Crippen LogP contribution in [0.5, 0.6) is 5.75 Å². The number of benzene rings is 3. The summed E-state index contributed by atoms with van der Waals surface area (Å²) in [7, 11) is -6.59. The van der Waals surface area contributed by atoms with Crippen LogP contribution in [0.25, 0.3) is 0 Å². The lowest BCUT2D eigenvalue weighted by Gasteiger charge is -2.22. The first-order chi connectivity index (χ1) is 17.2. The molecular weight excluding hydrogens is 535 g/mol. The smallest absolute Gasteiger partial charge is 0.416 e. The van der Waals surface area contributed by atoms with Crippen molar-refractivity contribution in [2.45, 2.75) is 11.1 Å². The molecule has 0 aliphatic carbocycles. The number of hydrogen-bond acceptors (Lipinski definition) is 6. The van der Waals surface area contributed by atoms with Crippen LogP contribution in [-0.4, -0.2) is 42.7 Å². The molecular formula is C23H22F3N3O6S2. The largest absolute Gasteiger partial charge is 0.497 e. The van der Waals surface area contributed by atoms with E-state index in [0.29, 0.717) is 21.8 Å². The van der Waals surface area contributed by atoms with Gasteiger partial charge in [-0.2, -0.15) is 13.2 Å². The number of hydrogen-bond donors (Lipinski definition) is 2. The van der Waals surface area contributed by atoms with Crippen LogP contribution in [0, 0.1) is 0 Å². The van der Waals surface area contributed by atoms with E-state index in [9.17, 15) is 34.8 Å². The monoisotopic (exact) mass is 557 g/mol. The van der Waals surface area contributed by atoms with Gasteiger partial charge < -0.3 is 10.1 Å². The number of carbonyl (C=O) groups is 1. The molecule has 0 saturated carbocycles. The molecule has 3 aromatic rings. The fourth-order valence-corrected chi connectivity index (χ4v) is 5.07. The van der Waals surface area contributed by atoms with Gasteiger partial charge in [0.25, 0.3) is 10.0 Å². The van der Waals surface area contributed by atoms with Crippen molar-refractivity contribution < 1.29 is 39.5 Å². The SMILES string of the molecule is COc1ccc(NS(=O)(=O)c2ccc(NC(=O)CN(c3cccc(C(F)(F)F)c3)S(C)(=O)=O)cc2)cc1. The van der Waals surface area contributed by atoms with Gasteiger partial charge in [-0.05, 0) is 66.7 Å². The van der Waals surface area contributed by atoms with Crippen molar-refractivity contribution in [1.82, 2.24) is 0 Å². The Labute approximate surface area is 212 Å². The van der Waals surface area contributed by atoms with Gasteiger partial charge in [0.05, 0.1) is 29.5 Å². The van der Waals surface area contributed by atoms with Crippen molar-refractivity contribution in [3.8, 4) is 5.75 Å². The highest BCUT2D eigenvalue weighted by Gasteiger charge is 2.32. The first-order valence-corrected chi connectivity index (χ1v) is 13.7. The summed E-state index contributed by atoms with van der Waals surface area (Å²) in [5.74, 6) is -0.305. The Kier molecular flexibility index (Phi) is 8.03. The highest BCUT2D eigenvalue weighted by atomic mass is 32.2. The van der Waals surface area contributed by atoms with Crippen LogP contribution in [0.3, 0.4) is 0 Å². The summed E-state index contributed by atoms with van der Waals surface area (Å²) in [4.78, 5) is 12.4. The molecule has 9 nitrogen and oxygen atoms in total. The minimum absolute atomic E-state index is 0.108. The lowest BCUT2D eigenvalue weighted by Crippen LogP contribution is -2.37. The molecule has 3 rings (SSSR count). The van der Waals surface area contributed by atoms with E-state index in [1.54, 1.807) is 12.1 Å². The molecule has 0 heterocycles. The average molecular weight is 558 g/mol. The van der Waals surface area contributed by atoms with Crippen LogP contribution < -0.4 is 19.1 Å². The lowest BCUT2D eigenvalue weighted by molar-refractivity contribution is -0.137. The van der Waals surface area contributed by atoms with Crippen LogP contribution in [0.2, 0.25) is 0 Å². The van der Waals surface area contributed by atoms with Gasteiger partial charge in [-0.3, -0.25) is 13.8 Å². The Bertz CT molecular complexity index is 1480. The van der Waals surface area contributed by atoms with Gasteiger partial charge in [0.2, 0.25) is 15.9 Å². The third-order valence-electron chi connectivity index (χ3n) is 4.94. The second-order valence-corrected chi connectivity index (χ2v) is 11.3. The van der Waals surface area contributed by atoms with Gasteiger partial charge >= 0.3 is 6.18 Å². The third-order valence-corrected chi connectivity index (χ3v) is 7.48. The molecule has 0 unspecified atom stereocenters. The zero-order chi connectivity index (χ0) is 27.4. The van der Waals surface area contributed by atoms with Crippen LogP contribution in [0.15, 0.2) is 77.7 Å². The molecule has 3 aromatic carbocycles. The molecule has 2 N–H and O–H groups in total. The van der Waals surface area contributed by atoms with E-state index >= 15 is 0 Å². The van der Waals surface area contributed by atoms with Crippen LogP contribution >= 0.6 is 0 Å². The average Bonchev–Trinajstić information content (AvgIpc) is 2.82. The maximum atomic E-state index is 13.0. The normalized spacial score (nSPS) is 12.0. The van der Waals surface area contributed by atoms with Crippen molar-refractivity contribution in [3.63, 3.8) is 0 Å². The quantitative estimate of drug-likeness (QED) is 0.411. The number of amides is 1. The predicted octanol–water partition coefficient (Wildman–Crippen LogP) is 3.92. The number of halogens is 3. The van der Waals surface area contributed by atoms with Crippen LogP contribution in [0.4, 0.5) is 30.2 Å². The standard InChI is InChI=1S/C23H22F3N3O6S2/c1-35-20-10-6-18(7-11-20)28-37(33,34)21-12-8-17(9-13-21)27-22(30)15-29(36(2,31)32)19-5-3-4-16(14-19)23(24,25)26/h3-14,28H,15H2,1-2H3,(H,27,30). The summed E-state index contributed by atoms with van der Waals surface area (Å²) in [6.45, 7) is -0.806. The number of rotatable bonds is 9. The zero-order valence-electron chi connectivity index (χ0n) is 19.5. The van der Waals surface area contributed by atoms with E-state index in [1.807, 2.05) is 0 Å². The Hall–Kier alpha value is -3.78. The van der Waals surface area contributed by atoms with Crippen molar-refractivity contribution in [2.75, 3.05) is 34.3 Å². The fraction of sp³-hybridized carbons (Fsp3) is 0.174. The molecule has 0 fully saturated rings. The van der Waals surface area contributed by atoms with E-state index < -0.39 is 44.2 Å². The van der Waals surface area contributed by atoms with Gasteiger partial charge in [-0.15, -0.1) is 0 Å². The number of ether oxygens (including phenoxy) is 1. The van der Waals surface area contributed by atoms with Crippen LogP contribution in [-0.2, 0) is 31.0 Å². The molecule has 0 saturated heterocycles. The van der Waals surface area contributed by atoms with E-state index in [0.717, 1.165) is 24.5 Å². The Balaban J connectivity index is 1.72. The van der Waals surface area contributed by atoms with E-state index in [4.69, 9.17) is 4.74 Å². The summed E-state index contributed by atoms with van der Waals surface area (Å²) >= 11 is 0. The minimum Gasteiger partial charge on any atom is -0.497 e. The molecule has 198 valence electrons. The van der Waals surface area contributed by atoms with Crippen molar-refractivity contribution in [3.05, 3.63) is 78.4 Å². The van der Waals surface area contributed by atoms with Gasteiger partial charge in [-0.1, -0.05) is 6.07 Å². The van der Waals surface area contributed by atoms with E-state index in [-0.39, 0.29) is 16.3 Å². The number of sulfonamides is 2. The lowest BCUT2D eigenvalue weighted by atomic mass is 10.2. The first kappa shape index (κ1) is 27.8. The molecule has 0 aromatic heterocycles. The topological polar surface area (TPSA) is 122 Å². The van der Waals surface area contributed by atoms with Gasteiger partial charge in [0.1, 0.15) is 12.3 Å². The van der Waals surface area contributed by atoms with Gasteiger partial charge in [0.15, 0.2) is 0 Å². The van der Waals surface area contributed by atoms with E-state index in [1.165, 1.54) is 43.5 Å². The molecule has 0 aliphatic rings. The molecule has 0 aliphatic heterocycles. The molecule has 0 atom stereocenters. The third kappa shape index (κ3) is 7.36. The van der Waals surface area contributed by atoms with Gasteiger partial charge in [0, 0.05) is 11.4 Å². The number of methoxy groups -OCH3 is 1. The number of nitrogens with one attached hydrogen (secondary N) is 2. The summed E-state index contributed by atoms with van der Waals surface area (Å²) in [5.41, 5.74) is -0.961. The molecule has 1 amide bonds. The summed E-state index contributed by atoms with van der Waals surface area (Å²) in [5, 5.41) is 2.40. The highest BCUT2D eigenvalue weighted by molar-refractivity contribution is 7.92. The molecule has 0 radical (unpaired) electrons. The van der Waals surface area contributed by atoms with Gasteiger partial charge in [-0.25, -0.2) is 16.8 Å². The summed E-state index contributed by atoms with van der Waals surface area (Å²) in [6, 6.07) is 14.8. The molecule has 0 bridgehead atoms. The van der Waals surface area contributed by atoms with Crippen LogP contribution in [0.1, 0.15) is 5.56 Å². The first-order valence-electron chi connectivity index (χ1n) is 10.4. The summed E-state index contributed by atoms with van der Waals surface area (Å²) < 4.78 is 96.7. The van der Waals surface area contributed by atoms with E-state index in [2.05, 4.69) is 10.0 Å². The second kappa shape index (κ2) is 10.7. The number of alkyl halides is 3. The second-order valence-electron chi connectivity index (χ2n) is 7.72. The maximum absolute atomic E-state index is 13.0. The summed E-state index contributed by atoms with van der Waals surface area (Å²) in [6.07, 6.45) is -3.94. The number of anilines is 3. The molecule has 37 heavy (non-hydrogen) atoms. The molecule has 14 heteroatoms. The Morgan fingerprint density at radius 3 is 2.05 bits per heavy atom. The van der Waals surface area contributed by atoms with Crippen molar-refractivity contribution in [1.29, 1.82) is 0 Å². The fourth-order valence-electron chi connectivity index (χ4n) is 3.16. The number of nitrogens with zero attached hydrogens (tertiary/aromatic N) is 1. The van der Waals surface area contributed by atoms with Crippen molar-refractivity contribution >= 4 is 43.0 Å². The Morgan fingerprint density at radius 2 is 1.51 bits per heavy atom. The minimum atomic E-state index is -4.70.